The van der Waals surface area contributed by atoms with Gasteiger partial charge in [0.15, 0.2) is 0 Å². The first-order chi connectivity index (χ1) is 9.36. The van der Waals surface area contributed by atoms with Gasteiger partial charge in [0.1, 0.15) is 17.1 Å². The van der Waals surface area contributed by atoms with E-state index in [4.69, 9.17) is 4.74 Å². The summed E-state index contributed by atoms with van der Waals surface area (Å²) in [4.78, 5) is 0. The predicted molar refractivity (Wildman–Crippen MR) is 79.2 cm³/mol. The monoisotopic (exact) mass is 272 g/mol. The number of phenols is 1. The number of ether oxygens (including phenoxy) is 1. The summed E-state index contributed by atoms with van der Waals surface area (Å²) in [7, 11) is 1.60. The third-order valence-corrected chi connectivity index (χ3v) is 3.58. The Kier molecular flexibility index (Phi) is 3.73. The zero-order valence-electron chi connectivity index (χ0n) is 12.3. The summed E-state index contributed by atoms with van der Waals surface area (Å²) in [6.07, 6.45) is 0. The van der Waals surface area contributed by atoms with Crippen molar-refractivity contribution in [2.24, 2.45) is 0 Å². The van der Waals surface area contributed by atoms with Crippen LogP contribution in [0.25, 0.3) is 0 Å². The third kappa shape index (κ3) is 2.49. The van der Waals surface area contributed by atoms with Gasteiger partial charge in [-0.3, -0.25) is 0 Å². The highest BCUT2D eigenvalue weighted by Crippen LogP contribution is 2.38. The van der Waals surface area contributed by atoms with E-state index < -0.39 is 5.60 Å². The second kappa shape index (κ2) is 5.17. The van der Waals surface area contributed by atoms with Gasteiger partial charge in [0.2, 0.25) is 0 Å². The number of phenolic OH excluding ortho intramolecular Hbond substituents is 1. The maximum Gasteiger partial charge on any atom is 0.125 e. The lowest BCUT2D eigenvalue weighted by molar-refractivity contribution is 0.0981. The quantitative estimate of drug-likeness (QED) is 0.901. The second-order valence-corrected chi connectivity index (χ2v) is 5.28. The van der Waals surface area contributed by atoms with Crippen LogP contribution >= 0.6 is 0 Å². The molecular formula is C17H20O3. The van der Waals surface area contributed by atoms with Gasteiger partial charge in [0, 0.05) is 5.56 Å². The van der Waals surface area contributed by atoms with Crippen LogP contribution in [0.3, 0.4) is 0 Å². The molecule has 1 atom stereocenters. The normalized spacial score (nSPS) is 13.8. The lowest BCUT2D eigenvalue weighted by atomic mass is 9.84. The molecule has 2 rings (SSSR count). The van der Waals surface area contributed by atoms with E-state index in [1.54, 1.807) is 38.3 Å². The maximum absolute atomic E-state index is 11.0. The molecule has 0 amide bonds. The number of benzene rings is 2. The van der Waals surface area contributed by atoms with E-state index in [2.05, 4.69) is 0 Å². The largest absolute Gasteiger partial charge is 0.508 e. The molecule has 2 aromatic carbocycles. The fourth-order valence-electron chi connectivity index (χ4n) is 2.64. The average Bonchev–Trinajstić information content (AvgIpc) is 2.37. The summed E-state index contributed by atoms with van der Waals surface area (Å²) in [5.41, 5.74) is 2.33. The molecule has 106 valence electrons. The van der Waals surface area contributed by atoms with E-state index in [0.29, 0.717) is 11.3 Å². The molecule has 0 aliphatic rings. The standard InChI is InChI=1S/C17H20O3/c1-11-9-12(2)16(15(10-11)20-4)17(3,19)13-5-7-14(18)8-6-13/h5-10,18-19H,1-4H3. The first-order valence-electron chi connectivity index (χ1n) is 6.54. The number of aliphatic hydroxyl groups is 1. The van der Waals surface area contributed by atoms with Crippen molar-refractivity contribution < 1.29 is 14.9 Å². The molecule has 0 aromatic heterocycles. The molecule has 2 aromatic rings. The predicted octanol–water partition coefficient (Wildman–Crippen LogP) is 3.27. The van der Waals surface area contributed by atoms with Crippen LogP contribution in [-0.4, -0.2) is 17.3 Å². The van der Waals surface area contributed by atoms with E-state index in [1.165, 1.54) is 0 Å². The Balaban J connectivity index is 2.62. The molecule has 0 radical (unpaired) electrons. The minimum Gasteiger partial charge on any atom is -0.508 e. The maximum atomic E-state index is 11.0. The van der Waals surface area contributed by atoms with Crippen molar-refractivity contribution in [2.75, 3.05) is 7.11 Å². The van der Waals surface area contributed by atoms with Crippen molar-refractivity contribution in [3.63, 3.8) is 0 Å². The smallest absolute Gasteiger partial charge is 0.125 e. The summed E-state index contributed by atoms with van der Waals surface area (Å²) in [5, 5.41) is 20.3. The Morgan fingerprint density at radius 2 is 1.65 bits per heavy atom. The van der Waals surface area contributed by atoms with Gasteiger partial charge in [-0.25, -0.2) is 0 Å². The van der Waals surface area contributed by atoms with Crippen LogP contribution in [0.1, 0.15) is 29.2 Å². The van der Waals surface area contributed by atoms with Crippen LogP contribution < -0.4 is 4.74 Å². The van der Waals surface area contributed by atoms with Gasteiger partial charge in [-0.15, -0.1) is 0 Å². The van der Waals surface area contributed by atoms with Gasteiger partial charge in [-0.1, -0.05) is 18.2 Å². The van der Waals surface area contributed by atoms with E-state index in [0.717, 1.165) is 16.7 Å². The molecule has 1 unspecified atom stereocenters. The molecular weight excluding hydrogens is 252 g/mol. The van der Waals surface area contributed by atoms with E-state index >= 15 is 0 Å². The minimum absolute atomic E-state index is 0.178. The molecule has 2 N–H and O–H groups in total. The molecule has 3 nitrogen and oxygen atoms in total. The lowest BCUT2D eigenvalue weighted by Gasteiger charge is -2.28. The van der Waals surface area contributed by atoms with Crippen LogP contribution in [0.2, 0.25) is 0 Å². The van der Waals surface area contributed by atoms with Gasteiger partial charge in [0.05, 0.1) is 7.11 Å². The highest BCUT2D eigenvalue weighted by atomic mass is 16.5. The first kappa shape index (κ1) is 14.4. The van der Waals surface area contributed by atoms with E-state index in [-0.39, 0.29) is 5.75 Å². The van der Waals surface area contributed by atoms with E-state index in [9.17, 15) is 10.2 Å². The van der Waals surface area contributed by atoms with Crippen molar-refractivity contribution in [2.45, 2.75) is 26.4 Å². The fourth-order valence-corrected chi connectivity index (χ4v) is 2.64. The highest BCUT2D eigenvalue weighted by Gasteiger charge is 2.31. The summed E-state index contributed by atoms with van der Waals surface area (Å²) in [5.74, 6) is 0.845. The van der Waals surface area contributed by atoms with Crippen molar-refractivity contribution in [3.8, 4) is 11.5 Å². The Morgan fingerprint density at radius 1 is 1.05 bits per heavy atom. The van der Waals surface area contributed by atoms with Crippen LogP contribution in [0.5, 0.6) is 11.5 Å². The number of methoxy groups -OCH3 is 1. The summed E-state index contributed by atoms with van der Waals surface area (Å²) in [6, 6.07) is 10.5. The molecule has 20 heavy (non-hydrogen) atoms. The molecule has 0 saturated heterocycles. The number of aryl methyl sites for hydroxylation is 2. The van der Waals surface area contributed by atoms with Crippen LogP contribution in [0, 0.1) is 13.8 Å². The molecule has 3 heteroatoms. The van der Waals surface area contributed by atoms with Gasteiger partial charge in [0.25, 0.3) is 0 Å². The SMILES string of the molecule is COc1cc(C)cc(C)c1C(C)(O)c1ccc(O)cc1. The lowest BCUT2D eigenvalue weighted by Crippen LogP contribution is -2.25. The Bertz CT molecular complexity index is 613. The summed E-state index contributed by atoms with van der Waals surface area (Å²) >= 11 is 0. The van der Waals surface area contributed by atoms with Crippen molar-refractivity contribution in [3.05, 3.63) is 58.7 Å². The van der Waals surface area contributed by atoms with E-state index in [1.807, 2.05) is 26.0 Å². The van der Waals surface area contributed by atoms with Gasteiger partial charge in [-0.05, 0) is 55.7 Å². The van der Waals surface area contributed by atoms with Crippen molar-refractivity contribution in [1.29, 1.82) is 0 Å². The minimum atomic E-state index is -1.18. The van der Waals surface area contributed by atoms with Crippen LogP contribution in [0.15, 0.2) is 36.4 Å². The number of hydrogen-bond acceptors (Lipinski definition) is 3. The molecule has 0 saturated carbocycles. The number of aromatic hydroxyl groups is 1. The molecule has 0 aliphatic heterocycles. The van der Waals surface area contributed by atoms with Crippen molar-refractivity contribution >= 4 is 0 Å². The topological polar surface area (TPSA) is 49.7 Å². The highest BCUT2D eigenvalue weighted by molar-refractivity contribution is 5.51. The van der Waals surface area contributed by atoms with Crippen LogP contribution in [-0.2, 0) is 5.60 Å². The number of rotatable bonds is 3. The van der Waals surface area contributed by atoms with Crippen molar-refractivity contribution in [1.82, 2.24) is 0 Å². The van der Waals surface area contributed by atoms with Gasteiger partial charge < -0.3 is 14.9 Å². The summed E-state index contributed by atoms with van der Waals surface area (Å²) < 4.78 is 5.43. The number of hydrogen-bond donors (Lipinski definition) is 2. The molecule has 0 heterocycles. The molecule has 0 aliphatic carbocycles. The Morgan fingerprint density at radius 3 is 2.20 bits per heavy atom. The molecule has 0 fully saturated rings. The molecule has 0 spiro atoms. The Labute approximate surface area is 119 Å². The fraction of sp³-hybridized carbons (Fsp3) is 0.294. The zero-order valence-corrected chi connectivity index (χ0v) is 12.3. The zero-order chi connectivity index (χ0) is 14.9. The molecule has 0 bridgehead atoms. The van der Waals surface area contributed by atoms with Crippen LogP contribution in [0.4, 0.5) is 0 Å². The van der Waals surface area contributed by atoms with Gasteiger partial charge >= 0.3 is 0 Å². The average molecular weight is 272 g/mol. The Hall–Kier alpha value is -2.00. The van der Waals surface area contributed by atoms with Gasteiger partial charge in [-0.2, -0.15) is 0 Å². The first-order valence-corrected chi connectivity index (χ1v) is 6.54. The third-order valence-electron chi connectivity index (χ3n) is 3.58. The summed E-state index contributed by atoms with van der Waals surface area (Å²) in [6.45, 7) is 5.69. The second-order valence-electron chi connectivity index (χ2n) is 5.28.